The lowest BCUT2D eigenvalue weighted by atomic mass is 10.1. The van der Waals surface area contributed by atoms with E-state index in [1.165, 1.54) is 12.1 Å². The van der Waals surface area contributed by atoms with Crippen LogP contribution >= 0.6 is 11.3 Å². The fourth-order valence-corrected chi connectivity index (χ4v) is 5.89. The zero-order valence-corrected chi connectivity index (χ0v) is 20.4. The van der Waals surface area contributed by atoms with Crippen LogP contribution in [0.15, 0.2) is 52.9 Å². The molecule has 0 bridgehead atoms. The minimum absolute atomic E-state index is 0.130. The quantitative estimate of drug-likeness (QED) is 0.271. The summed E-state index contributed by atoms with van der Waals surface area (Å²) in [6.07, 6.45) is -4.22. The van der Waals surface area contributed by atoms with E-state index in [9.17, 15) is 35.2 Å². The molecule has 0 saturated heterocycles. The van der Waals surface area contributed by atoms with Crippen molar-refractivity contribution in [2.45, 2.75) is 41.1 Å². The van der Waals surface area contributed by atoms with Crippen LogP contribution in [0.4, 0.5) is 22.0 Å². The maximum Gasteiger partial charge on any atom is 0.407 e. The summed E-state index contributed by atoms with van der Waals surface area (Å²) in [5, 5.41) is 12.0. The molecule has 0 spiro atoms. The number of carbonyl (C=O) groups is 1. The van der Waals surface area contributed by atoms with Crippen molar-refractivity contribution in [1.29, 1.82) is 0 Å². The first-order valence-corrected chi connectivity index (χ1v) is 13.2. The molecule has 0 aliphatic heterocycles. The minimum Gasteiger partial charge on any atom is -0.337 e. The number of nitrogens with one attached hydrogen (secondary N) is 2. The van der Waals surface area contributed by atoms with Crippen molar-refractivity contribution < 1.29 is 35.2 Å². The Balaban J connectivity index is 1.63. The van der Waals surface area contributed by atoms with Crippen LogP contribution in [0.1, 0.15) is 24.4 Å². The summed E-state index contributed by atoms with van der Waals surface area (Å²) in [6.45, 7) is 0. The van der Waals surface area contributed by atoms with Crippen LogP contribution in [0, 0.1) is 11.6 Å². The number of nitrogens with two attached hydrogens (primary N) is 1. The van der Waals surface area contributed by atoms with Crippen molar-refractivity contribution in [3.63, 3.8) is 0 Å². The number of halogens is 5. The molecule has 37 heavy (non-hydrogen) atoms. The molecule has 1 heterocycles. The molecule has 15 heteroatoms. The zero-order valence-electron chi connectivity index (χ0n) is 18.8. The summed E-state index contributed by atoms with van der Waals surface area (Å²) in [7, 11) is -4.44. The van der Waals surface area contributed by atoms with Gasteiger partial charge in [-0.3, -0.25) is 10.1 Å². The van der Waals surface area contributed by atoms with E-state index >= 15 is 0 Å². The van der Waals surface area contributed by atoms with Crippen molar-refractivity contribution in [1.82, 2.24) is 20.8 Å². The molecule has 8 nitrogen and oxygen atoms in total. The fraction of sp³-hybridized carbons (Fsp3) is 0.318. The zero-order chi connectivity index (χ0) is 27.0. The molecular formula is C22H20F5N5O3S2. The lowest BCUT2D eigenvalue weighted by Crippen LogP contribution is -2.56. The highest BCUT2D eigenvalue weighted by atomic mass is 32.2. The lowest BCUT2D eigenvalue weighted by molar-refractivity contribution is -0.160. The van der Waals surface area contributed by atoms with Gasteiger partial charge in [-0.05, 0) is 54.8 Å². The van der Waals surface area contributed by atoms with Crippen LogP contribution in [-0.2, 0) is 14.6 Å². The van der Waals surface area contributed by atoms with E-state index in [1.54, 1.807) is 0 Å². The third-order valence-electron chi connectivity index (χ3n) is 5.53. The van der Waals surface area contributed by atoms with Gasteiger partial charge in [0.1, 0.15) is 28.7 Å². The second-order valence-electron chi connectivity index (χ2n) is 8.55. The van der Waals surface area contributed by atoms with Crippen molar-refractivity contribution in [3.8, 4) is 10.6 Å². The van der Waals surface area contributed by atoms with E-state index in [2.05, 4.69) is 20.8 Å². The van der Waals surface area contributed by atoms with Crippen molar-refractivity contribution in [2.24, 2.45) is 5.73 Å². The Kier molecular flexibility index (Phi) is 7.34. The maximum absolute atomic E-state index is 13.9. The predicted molar refractivity (Wildman–Crippen MR) is 124 cm³/mol. The number of hydrogen-bond acceptors (Lipinski definition) is 8. The van der Waals surface area contributed by atoms with Crippen LogP contribution in [0.2, 0.25) is 0 Å². The van der Waals surface area contributed by atoms with Gasteiger partial charge in [0.15, 0.2) is 0 Å². The van der Waals surface area contributed by atoms with Gasteiger partial charge in [0.2, 0.25) is 20.1 Å². The molecule has 1 aliphatic carbocycles. The van der Waals surface area contributed by atoms with Gasteiger partial charge >= 0.3 is 6.18 Å². The van der Waals surface area contributed by atoms with Crippen LogP contribution in [0.3, 0.4) is 0 Å². The topological polar surface area (TPSA) is 127 Å². The molecule has 1 fully saturated rings. The summed E-state index contributed by atoms with van der Waals surface area (Å²) in [5.41, 5.74) is 4.68. The Labute approximate surface area is 212 Å². The van der Waals surface area contributed by atoms with Gasteiger partial charge in [-0.1, -0.05) is 23.5 Å². The molecule has 0 radical (unpaired) electrons. The number of benzene rings is 2. The lowest BCUT2D eigenvalue weighted by Gasteiger charge is -2.28. The van der Waals surface area contributed by atoms with E-state index in [4.69, 9.17) is 5.73 Å². The maximum atomic E-state index is 13.9. The van der Waals surface area contributed by atoms with Gasteiger partial charge in [-0.2, -0.15) is 13.2 Å². The van der Waals surface area contributed by atoms with Gasteiger partial charge in [0.25, 0.3) is 0 Å². The van der Waals surface area contributed by atoms with Crippen LogP contribution in [-0.4, -0.2) is 48.2 Å². The second kappa shape index (κ2) is 10.0. The molecule has 0 unspecified atom stereocenters. The second-order valence-corrected chi connectivity index (χ2v) is 11.7. The highest BCUT2D eigenvalue weighted by molar-refractivity contribution is 7.93. The number of hydrogen-bond donors (Lipinski definition) is 3. The van der Waals surface area contributed by atoms with Gasteiger partial charge in [0.05, 0.1) is 11.4 Å². The summed E-state index contributed by atoms with van der Waals surface area (Å²) in [4.78, 5) is 12.9. The number of aromatic nitrogens is 2. The number of alkyl halides is 3. The summed E-state index contributed by atoms with van der Waals surface area (Å²) in [6, 6.07) is 4.01. The SMILES string of the molecule is NC1(NC(=O)[C@H](CS(=O)(=O)c2nnc(-c3ccc(F)cc3)s2)N[C@@H](c2ccc(F)cc2)C(F)(F)F)CC1. The molecule has 1 aromatic heterocycles. The first kappa shape index (κ1) is 27.0. The van der Waals surface area contributed by atoms with Gasteiger partial charge < -0.3 is 11.1 Å². The van der Waals surface area contributed by atoms with E-state index < -0.39 is 67.0 Å². The molecule has 4 N–H and O–H groups in total. The van der Waals surface area contributed by atoms with Crippen LogP contribution in [0.5, 0.6) is 0 Å². The highest BCUT2D eigenvalue weighted by Crippen LogP contribution is 2.34. The molecule has 2 atom stereocenters. The minimum atomic E-state index is -4.96. The van der Waals surface area contributed by atoms with Crippen molar-refractivity contribution in [2.75, 3.05) is 5.75 Å². The number of nitrogens with zero attached hydrogens (tertiary/aromatic N) is 2. The average Bonchev–Trinajstić information content (AvgIpc) is 3.32. The Morgan fingerprint density at radius 3 is 2.14 bits per heavy atom. The Morgan fingerprint density at radius 2 is 1.59 bits per heavy atom. The normalized spacial score (nSPS) is 16.7. The Bertz CT molecular complexity index is 1370. The number of rotatable bonds is 9. The molecule has 1 amide bonds. The Hall–Kier alpha value is -3.01. The number of sulfone groups is 1. The van der Waals surface area contributed by atoms with Gasteiger partial charge in [0, 0.05) is 5.56 Å². The van der Waals surface area contributed by atoms with E-state index in [0.29, 0.717) is 29.7 Å². The predicted octanol–water partition coefficient (Wildman–Crippen LogP) is 3.08. The fourth-order valence-electron chi connectivity index (χ4n) is 3.36. The Morgan fingerprint density at radius 1 is 1.03 bits per heavy atom. The molecule has 4 rings (SSSR count). The first-order chi connectivity index (χ1) is 17.3. The molecule has 2 aromatic carbocycles. The number of amides is 1. The first-order valence-electron chi connectivity index (χ1n) is 10.8. The molecule has 3 aromatic rings. The summed E-state index contributed by atoms with van der Waals surface area (Å²) >= 11 is 0.620. The van der Waals surface area contributed by atoms with Crippen molar-refractivity contribution >= 4 is 27.1 Å². The van der Waals surface area contributed by atoms with Crippen LogP contribution < -0.4 is 16.4 Å². The number of carbonyl (C=O) groups excluding carboxylic acids is 1. The van der Waals surface area contributed by atoms with E-state index in [-0.39, 0.29) is 5.01 Å². The summed E-state index contributed by atoms with van der Waals surface area (Å²) < 4.78 is 94.0. The largest absolute Gasteiger partial charge is 0.407 e. The van der Waals surface area contributed by atoms with Gasteiger partial charge in [-0.15, -0.1) is 10.2 Å². The van der Waals surface area contributed by atoms with E-state index in [0.717, 1.165) is 36.4 Å². The standard InChI is InChI=1S/C22H20F5N5O3S2/c23-14-5-1-12(2-6-14)17(22(25,26)27)29-16(18(33)30-21(28)9-10-21)11-37(34,35)20-32-31-19(36-20)13-3-7-15(24)8-4-13/h1-8,16-17,29H,9-11,28H2,(H,30,33)/t16-,17-/m0/s1. The van der Waals surface area contributed by atoms with Gasteiger partial charge in [-0.25, -0.2) is 17.2 Å². The van der Waals surface area contributed by atoms with Crippen LogP contribution in [0.25, 0.3) is 10.6 Å². The smallest absolute Gasteiger partial charge is 0.337 e. The molecule has 1 saturated carbocycles. The molecular weight excluding hydrogens is 541 g/mol. The third-order valence-corrected chi connectivity index (χ3v) is 8.69. The summed E-state index contributed by atoms with van der Waals surface area (Å²) in [5.74, 6) is -3.44. The molecule has 198 valence electrons. The van der Waals surface area contributed by atoms with E-state index in [1.807, 2.05) is 0 Å². The van der Waals surface area contributed by atoms with Crippen molar-refractivity contribution in [3.05, 3.63) is 65.7 Å². The third kappa shape index (κ3) is 6.66. The average molecular weight is 562 g/mol. The highest BCUT2D eigenvalue weighted by Gasteiger charge is 2.46. The molecule has 1 aliphatic rings. The monoisotopic (exact) mass is 561 g/mol.